The first-order valence-corrected chi connectivity index (χ1v) is 9.06. The fourth-order valence-corrected chi connectivity index (χ4v) is 3.45. The summed E-state index contributed by atoms with van der Waals surface area (Å²) in [5.41, 5.74) is 1.00. The summed E-state index contributed by atoms with van der Waals surface area (Å²) in [5, 5.41) is 10.0. The van der Waals surface area contributed by atoms with Gasteiger partial charge in [0.1, 0.15) is 12.6 Å². The van der Waals surface area contributed by atoms with E-state index in [1.54, 1.807) is 24.9 Å². The van der Waals surface area contributed by atoms with Gasteiger partial charge in [-0.05, 0) is 25.8 Å². The third kappa shape index (κ3) is 3.72. The van der Waals surface area contributed by atoms with Gasteiger partial charge in [0.2, 0.25) is 11.8 Å². The average Bonchev–Trinajstić information content (AvgIpc) is 3.31. The van der Waals surface area contributed by atoms with Crippen LogP contribution in [0.1, 0.15) is 29.0 Å². The maximum absolute atomic E-state index is 13.0. The van der Waals surface area contributed by atoms with Crippen LogP contribution in [-0.4, -0.2) is 83.1 Å². The minimum Gasteiger partial charge on any atom is -0.358 e. The lowest BCUT2D eigenvalue weighted by atomic mass is 10.1. The van der Waals surface area contributed by atoms with Gasteiger partial charge in [0.25, 0.3) is 5.91 Å². The topological polar surface area (TPSA) is 99.6 Å². The van der Waals surface area contributed by atoms with Gasteiger partial charge >= 0.3 is 0 Å². The summed E-state index contributed by atoms with van der Waals surface area (Å²) in [6.07, 6.45) is 2.03. The number of likely N-dealkylation sites (N-methyl/N-ethyl adjacent to an activating group) is 1. The molecule has 0 radical (unpaired) electrons. The molecule has 2 saturated heterocycles. The van der Waals surface area contributed by atoms with Crippen molar-refractivity contribution in [3.05, 3.63) is 17.5 Å². The van der Waals surface area contributed by atoms with Crippen molar-refractivity contribution in [3.63, 3.8) is 0 Å². The molecule has 0 aromatic carbocycles. The molecule has 3 heterocycles. The van der Waals surface area contributed by atoms with E-state index >= 15 is 0 Å². The molecule has 142 valence electrons. The van der Waals surface area contributed by atoms with Crippen molar-refractivity contribution < 1.29 is 14.4 Å². The third-order valence-electron chi connectivity index (χ3n) is 4.98. The summed E-state index contributed by atoms with van der Waals surface area (Å²) in [4.78, 5) is 40.8. The molecular weight excluding hydrogens is 336 g/mol. The molecular formula is C17H26N6O3. The zero-order valence-electron chi connectivity index (χ0n) is 15.3. The molecule has 2 N–H and O–H groups in total. The van der Waals surface area contributed by atoms with Gasteiger partial charge in [-0.1, -0.05) is 0 Å². The van der Waals surface area contributed by atoms with E-state index in [2.05, 4.69) is 15.7 Å². The normalized spacial score (nSPS) is 20.3. The van der Waals surface area contributed by atoms with Crippen molar-refractivity contribution in [1.29, 1.82) is 0 Å². The van der Waals surface area contributed by atoms with Crippen LogP contribution in [0.15, 0.2) is 6.07 Å². The van der Waals surface area contributed by atoms with Crippen LogP contribution in [0, 0.1) is 6.92 Å². The first kappa shape index (κ1) is 18.4. The van der Waals surface area contributed by atoms with Crippen LogP contribution in [0.4, 0.5) is 0 Å². The smallest absolute Gasteiger partial charge is 0.275 e. The number of rotatable bonds is 4. The molecule has 1 aromatic rings. The van der Waals surface area contributed by atoms with Crippen molar-refractivity contribution in [3.8, 4) is 0 Å². The van der Waals surface area contributed by atoms with E-state index in [9.17, 15) is 14.4 Å². The van der Waals surface area contributed by atoms with Crippen LogP contribution in [0.2, 0.25) is 0 Å². The minimum atomic E-state index is -0.501. The van der Waals surface area contributed by atoms with Crippen LogP contribution >= 0.6 is 0 Å². The molecule has 0 spiro atoms. The fourth-order valence-electron chi connectivity index (χ4n) is 3.45. The Kier molecular flexibility index (Phi) is 5.55. The molecule has 2 aliphatic rings. The van der Waals surface area contributed by atoms with Crippen molar-refractivity contribution in [2.75, 3.05) is 39.8 Å². The number of hydrogen-bond acceptors (Lipinski definition) is 5. The monoisotopic (exact) mass is 362 g/mol. The number of hydrogen-bond donors (Lipinski definition) is 2. The standard InChI is InChI=1S/C17H26N6O3/c1-12-9-13(20-23(12)11-15(24)18-2)16(25)22-8-5-19-10-14(22)17(26)21-6-3-4-7-21/h9,14,19H,3-8,10-11H2,1-2H3,(H,18,24)/t14-/m1/s1. The molecule has 0 bridgehead atoms. The molecule has 3 amide bonds. The summed E-state index contributed by atoms with van der Waals surface area (Å²) < 4.78 is 1.51. The zero-order chi connectivity index (χ0) is 18.7. The second-order valence-corrected chi connectivity index (χ2v) is 6.75. The van der Waals surface area contributed by atoms with E-state index in [1.165, 1.54) is 4.68 Å². The molecule has 2 fully saturated rings. The van der Waals surface area contributed by atoms with Gasteiger partial charge in [-0.3, -0.25) is 19.1 Å². The Morgan fingerprint density at radius 2 is 2.00 bits per heavy atom. The third-order valence-corrected chi connectivity index (χ3v) is 4.98. The van der Waals surface area contributed by atoms with E-state index in [0.29, 0.717) is 19.6 Å². The Labute approximate surface area is 152 Å². The molecule has 26 heavy (non-hydrogen) atoms. The minimum absolute atomic E-state index is 0.00423. The molecule has 1 aromatic heterocycles. The lowest BCUT2D eigenvalue weighted by molar-refractivity contribution is -0.135. The summed E-state index contributed by atoms with van der Waals surface area (Å²) in [7, 11) is 1.56. The Morgan fingerprint density at radius 3 is 2.69 bits per heavy atom. The van der Waals surface area contributed by atoms with Crippen molar-refractivity contribution in [2.24, 2.45) is 0 Å². The fraction of sp³-hybridized carbons (Fsp3) is 0.647. The highest BCUT2D eigenvalue weighted by molar-refractivity contribution is 5.96. The number of piperazine rings is 1. The number of amides is 3. The highest BCUT2D eigenvalue weighted by atomic mass is 16.2. The van der Waals surface area contributed by atoms with E-state index in [0.717, 1.165) is 31.6 Å². The molecule has 0 aliphatic carbocycles. The van der Waals surface area contributed by atoms with Crippen molar-refractivity contribution in [2.45, 2.75) is 32.4 Å². The maximum atomic E-state index is 13.0. The number of likely N-dealkylation sites (tertiary alicyclic amines) is 1. The molecule has 0 saturated carbocycles. The lowest BCUT2D eigenvalue weighted by Crippen LogP contribution is -2.60. The van der Waals surface area contributed by atoms with Gasteiger partial charge < -0.3 is 20.4 Å². The first-order valence-electron chi connectivity index (χ1n) is 9.06. The maximum Gasteiger partial charge on any atom is 0.275 e. The Hall–Kier alpha value is -2.42. The van der Waals surface area contributed by atoms with Crippen LogP contribution < -0.4 is 10.6 Å². The predicted molar refractivity (Wildman–Crippen MR) is 94.5 cm³/mol. The number of nitrogens with one attached hydrogen (secondary N) is 2. The van der Waals surface area contributed by atoms with Gasteiger partial charge in [0.05, 0.1) is 0 Å². The van der Waals surface area contributed by atoms with Crippen LogP contribution in [0.3, 0.4) is 0 Å². The molecule has 0 unspecified atom stereocenters. The number of nitrogens with zero attached hydrogens (tertiary/aromatic N) is 4. The van der Waals surface area contributed by atoms with Crippen LogP contribution in [-0.2, 0) is 16.1 Å². The second-order valence-electron chi connectivity index (χ2n) is 6.75. The summed E-state index contributed by atoms with van der Waals surface area (Å²) in [6.45, 7) is 4.95. The SMILES string of the molecule is CNC(=O)Cn1nc(C(=O)N2CCNC[C@@H]2C(=O)N2CCCC2)cc1C. The van der Waals surface area contributed by atoms with Crippen molar-refractivity contribution >= 4 is 17.7 Å². The highest BCUT2D eigenvalue weighted by Gasteiger charge is 2.36. The Morgan fingerprint density at radius 1 is 1.27 bits per heavy atom. The van der Waals surface area contributed by atoms with E-state index in [1.807, 2.05) is 4.90 Å². The molecule has 3 rings (SSSR count). The zero-order valence-corrected chi connectivity index (χ0v) is 15.3. The van der Waals surface area contributed by atoms with Gasteiger partial charge in [0.15, 0.2) is 5.69 Å². The number of aromatic nitrogens is 2. The van der Waals surface area contributed by atoms with E-state index in [-0.39, 0.29) is 30.0 Å². The predicted octanol–water partition coefficient (Wildman–Crippen LogP) is -1.03. The average molecular weight is 362 g/mol. The largest absolute Gasteiger partial charge is 0.358 e. The Bertz CT molecular complexity index is 695. The Balaban J connectivity index is 1.77. The summed E-state index contributed by atoms with van der Waals surface area (Å²) in [6, 6.07) is 1.17. The molecule has 9 nitrogen and oxygen atoms in total. The highest BCUT2D eigenvalue weighted by Crippen LogP contribution is 2.16. The number of carbonyl (C=O) groups excluding carboxylic acids is 3. The van der Waals surface area contributed by atoms with Gasteiger partial charge in [0, 0.05) is 45.5 Å². The van der Waals surface area contributed by atoms with Gasteiger partial charge in [-0.2, -0.15) is 5.10 Å². The lowest BCUT2D eigenvalue weighted by Gasteiger charge is -2.36. The summed E-state index contributed by atoms with van der Waals surface area (Å²) >= 11 is 0. The second kappa shape index (κ2) is 7.86. The number of aryl methyl sites for hydroxylation is 1. The number of carbonyl (C=O) groups is 3. The first-order chi connectivity index (χ1) is 12.5. The molecule has 2 aliphatic heterocycles. The van der Waals surface area contributed by atoms with E-state index in [4.69, 9.17) is 0 Å². The molecule has 9 heteroatoms. The van der Waals surface area contributed by atoms with Gasteiger partial charge in [-0.15, -0.1) is 0 Å². The summed E-state index contributed by atoms with van der Waals surface area (Å²) in [5.74, 6) is -0.438. The van der Waals surface area contributed by atoms with E-state index < -0.39 is 6.04 Å². The molecule has 1 atom stereocenters. The van der Waals surface area contributed by atoms with Crippen LogP contribution in [0.5, 0.6) is 0 Å². The van der Waals surface area contributed by atoms with Crippen LogP contribution in [0.25, 0.3) is 0 Å². The quantitative estimate of drug-likeness (QED) is 0.714. The van der Waals surface area contributed by atoms with Crippen molar-refractivity contribution in [1.82, 2.24) is 30.2 Å². The van der Waals surface area contributed by atoms with Gasteiger partial charge in [-0.25, -0.2) is 0 Å².